The summed E-state index contributed by atoms with van der Waals surface area (Å²) in [7, 11) is -3.42. The molecule has 0 aliphatic rings. The van der Waals surface area contributed by atoms with Gasteiger partial charge in [0.25, 0.3) is 5.91 Å². The van der Waals surface area contributed by atoms with Crippen molar-refractivity contribution in [2.24, 2.45) is 0 Å². The molecule has 118 valence electrons. The topological polar surface area (TPSA) is 89.0 Å². The van der Waals surface area contributed by atoms with Gasteiger partial charge in [-0.15, -0.1) is 10.2 Å². The Kier molecular flexibility index (Phi) is 5.15. The predicted molar refractivity (Wildman–Crippen MR) is 86.4 cm³/mol. The van der Waals surface area contributed by atoms with Crippen molar-refractivity contribution in [1.82, 2.24) is 10.2 Å². The first kappa shape index (κ1) is 16.9. The van der Waals surface area contributed by atoms with Crippen LogP contribution in [0.5, 0.6) is 0 Å². The SMILES string of the molecule is CCCc1nnc(NC(=O)c2cc(S(C)(=O)=O)ccc2Cl)s1. The Morgan fingerprint density at radius 3 is 2.73 bits per heavy atom. The quantitative estimate of drug-likeness (QED) is 0.886. The van der Waals surface area contributed by atoms with E-state index in [9.17, 15) is 13.2 Å². The number of hydrogen-bond acceptors (Lipinski definition) is 6. The molecule has 2 rings (SSSR count). The lowest BCUT2D eigenvalue weighted by atomic mass is 10.2. The summed E-state index contributed by atoms with van der Waals surface area (Å²) in [4.78, 5) is 12.3. The number of nitrogens with zero attached hydrogens (tertiary/aromatic N) is 2. The second-order valence-electron chi connectivity index (χ2n) is 4.62. The fourth-order valence-corrected chi connectivity index (χ4v) is 3.38. The first-order chi connectivity index (χ1) is 10.3. The number of rotatable bonds is 5. The summed E-state index contributed by atoms with van der Waals surface area (Å²) < 4.78 is 23.1. The zero-order chi connectivity index (χ0) is 16.3. The van der Waals surface area contributed by atoms with Crippen LogP contribution in [0.25, 0.3) is 0 Å². The van der Waals surface area contributed by atoms with Crippen LogP contribution < -0.4 is 5.32 Å². The van der Waals surface area contributed by atoms with Gasteiger partial charge in [0.1, 0.15) is 5.01 Å². The fraction of sp³-hybridized carbons (Fsp3) is 0.308. The van der Waals surface area contributed by atoms with Crippen LogP contribution in [0.4, 0.5) is 5.13 Å². The first-order valence-electron chi connectivity index (χ1n) is 6.44. The van der Waals surface area contributed by atoms with Crippen molar-refractivity contribution < 1.29 is 13.2 Å². The summed E-state index contributed by atoms with van der Waals surface area (Å²) >= 11 is 7.25. The van der Waals surface area contributed by atoms with Crippen LogP contribution in [0, 0.1) is 0 Å². The number of carbonyl (C=O) groups excluding carboxylic acids is 1. The van der Waals surface area contributed by atoms with Gasteiger partial charge in [-0.1, -0.05) is 29.9 Å². The lowest BCUT2D eigenvalue weighted by Crippen LogP contribution is -2.13. The Balaban J connectivity index is 2.25. The number of carbonyl (C=O) groups is 1. The zero-order valence-electron chi connectivity index (χ0n) is 12.0. The fourth-order valence-electron chi connectivity index (χ4n) is 1.69. The molecule has 1 N–H and O–H groups in total. The zero-order valence-corrected chi connectivity index (χ0v) is 14.3. The van der Waals surface area contributed by atoms with Gasteiger partial charge in [-0.25, -0.2) is 8.42 Å². The molecule has 0 fully saturated rings. The molecule has 0 atom stereocenters. The largest absolute Gasteiger partial charge is 0.296 e. The lowest BCUT2D eigenvalue weighted by molar-refractivity contribution is 0.102. The molecule has 1 heterocycles. The highest BCUT2D eigenvalue weighted by Crippen LogP contribution is 2.23. The Morgan fingerprint density at radius 2 is 2.09 bits per heavy atom. The van der Waals surface area contributed by atoms with E-state index in [4.69, 9.17) is 11.6 Å². The van der Waals surface area contributed by atoms with E-state index in [-0.39, 0.29) is 15.5 Å². The number of amides is 1. The summed E-state index contributed by atoms with van der Waals surface area (Å²) in [6.45, 7) is 2.02. The van der Waals surface area contributed by atoms with E-state index in [2.05, 4.69) is 15.5 Å². The van der Waals surface area contributed by atoms with Crippen molar-refractivity contribution >= 4 is 43.8 Å². The maximum absolute atomic E-state index is 12.2. The molecule has 1 aromatic heterocycles. The minimum atomic E-state index is -3.42. The number of sulfone groups is 1. The van der Waals surface area contributed by atoms with Crippen LogP contribution in [0.1, 0.15) is 28.7 Å². The minimum Gasteiger partial charge on any atom is -0.296 e. The highest BCUT2D eigenvalue weighted by molar-refractivity contribution is 7.90. The second kappa shape index (κ2) is 6.72. The molecule has 1 aromatic carbocycles. The number of hydrogen-bond donors (Lipinski definition) is 1. The van der Waals surface area contributed by atoms with E-state index in [1.165, 1.54) is 29.5 Å². The molecular weight excluding hydrogens is 346 g/mol. The summed E-state index contributed by atoms with van der Waals surface area (Å²) in [5.74, 6) is -0.519. The van der Waals surface area contributed by atoms with Gasteiger partial charge >= 0.3 is 0 Å². The summed E-state index contributed by atoms with van der Waals surface area (Å²) in [6.07, 6.45) is 2.79. The van der Waals surface area contributed by atoms with Gasteiger partial charge in [0.05, 0.1) is 15.5 Å². The van der Waals surface area contributed by atoms with Gasteiger partial charge < -0.3 is 0 Å². The van der Waals surface area contributed by atoms with Crippen LogP contribution in [0.15, 0.2) is 23.1 Å². The molecule has 0 bridgehead atoms. The summed E-state index contributed by atoms with van der Waals surface area (Å²) in [6, 6.07) is 4.00. The van der Waals surface area contributed by atoms with Crippen molar-refractivity contribution in [3.8, 4) is 0 Å². The normalized spacial score (nSPS) is 11.4. The molecular formula is C13H14ClN3O3S2. The van der Waals surface area contributed by atoms with Crippen LogP contribution in [0.3, 0.4) is 0 Å². The third-order valence-electron chi connectivity index (χ3n) is 2.76. The van der Waals surface area contributed by atoms with E-state index >= 15 is 0 Å². The molecule has 0 radical (unpaired) electrons. The Labute approximate surface area is 137 Å². The molecule has 22 heavy (non-hydrogen) atoms. The molecule has 2 aromatic rings. The van der Waals surface area contributed by atoms with Gasteiger partial charge in [0, 0.05) is 12.7 Å². The van der Waals surface area contributed by atoms with Crippen molar-refractivity contribution in [2.45, 2.75) is 24.7 Å². The minimum absolute atomic E-state index is 0.0333. The van der Waals surface area contributed by atoms with Crippen molar-refractivity contribution in [3.05, 3.63) is 33.8 Å². The average Bonchev–Trinajstić information content (AvgIpc) is 2.85. The van der Waals surface area contributed by atoms with Gasteiger partial charge in [-0.2, -0.15) is 0 Å². The highest BCUT2D eigenvalue weighted by Gasteiger charge is 2.17. The van der Waals surface area contributed by atoms with E-state index in [1.54, 1.807) is 0 Å². The number of anilines is 1. The molecule has 6 nitrogen and oxygen atoms in total. The van der Waals surface area contributed by atoms with Gasteiger partial charge in [-0.05, 0) is 24.6 Å². The maximum Gasteiger partial charge on any atom is 0.259 e. The standard InChI is InChI=1S/C13H14ClN3O3S2/c1-3-4-11-16-17-13(21-11)15-12(18)9-7-8(22(2,19)20)5-6-10(9)14/h5-7H,3-4H2,1-2H3,(H,15,17,18). The summed E-state index contributed by atoms with van der Waals surface area (Å²) in [5.41, 5.74) is 0.0804. The molecule has 0 aliphatic carbocycles. The number of aryl methyl sites for hydroxylation is 1. The molecule has 0 aliphatic heterocycles. The smallest absolute Gasteiger partial charge is 0.259 e. The number of nitrogens with one attached hydrogen (secondary N) is 1. The van der Waals surface area contributed by atoms with Crippen LogP contribution >= 0.6 is 22.9 Å². The van der Waals surface area contributed by atoms with E-state index < -0.39 is 15.7 Å². The van der Waals surface area contributed by atoms with Gasteiger partial charge in [-0.3, -0.25) is 10.1 Å². The maximum atomic E-state index is 12.2. The molecule has 9 heteroatoms. The Hall–Kier alpha value is -1.51. The second-order valence-corrected chi connectivity index (χ2v) is 8.10. The molecule has 0 saturated carbocycles. The number of halogens is 1. The van der Waals surface area contributed by atoms with E-state index in [1.807, 2.05) is 6.92 Å². The van der Waals surface area contributed by atoms with Crippen LogP contribution in [-0.4, -0.2) is 30.8 Å². The third kappa shape index (κ3) is 4.02. The van der Waals surface area contributed by atoms with Crippen molar-refractivity contribution in [3.63, 3.8) is 0 Å². The average molecular weight is 360 g/mol. The van der Waals surface area contributed by atoms with Crippen LogP contribution in [-0.2, 0) is 16.3 Å². The predicted octanol–water partition coefficient (Wildman–Crippen LogP) is 2.80. The molecule has 1 amide bonds. The van der Waals surface area contributed by atoms with Crippen LogP contribution in [0.2, 0.25) is 5.02 Å². The van der Waals surface area contributed by atoms with Gasteiger partial charge in [0.2, 0.25) is 5.13 Å². The van der Waals surface area contributed by atoms with E-state index in [0.29, 0.717) is 5.13 Å². The number of benzene rings is 1. The Bertz CT molecular complexity index is 803. The highest BCUT2D eigenvalue weighted by atomic mass is 35.5. The molecule has 0 spiro atoms. The third-order valence-corrected chi connectivity index (χ3v) is 5.10. The number of aromatic nitrogens is 2. The lowest BCUT2D eigenvalue weighted by Gasteiger charge is -2.06. The van der Waals surface area contributed by atoms with Gasteiger partial charge in [0.15, 0.2) is 9.84 Å². The monoisotopic (exact) mass is 359 g/mol. The molecule has 0 unspecified atom stereocenters. The van der Waals surface area contributed by atoms with Crippen molar-refractivity contribution in [1.29, 1.82) is 0 Å². The Morgan fingerprint density at radius 1 is 1.36 bits per heavy atom. The van der Waals surface area contributed by atoms with Crippen molar-refractivity contribution in [2.75, 3.05) is 11.6 Å². The summed E-state index contributed by atoms with van der Waals surface area (Å²) in [5, 5.41) is 11.8. The molecule has 0 saturated heterocycles. The van der Waals surface area contributed by atoms with E-state index in [0.717, 1.165) is 24.1 Å². The first-order valence-corrected chi connectivity index (χ1v) is 9.53.